The average molecular weight is 667 g/mol. The number of thioether (sulfide) groups is 1. The zero-order valence-electron chi connectivity index (χ0n) is 21.0. The molecule has 4 aromatic rings. The van der Waals surface area contributed by atoms with Crippen molar-refractivity contribution in [2.75, 3.05) is 7.11 Å². The van der Waals surface area contributed by atoms with Gasteiger partial charge in [0.25, 0.3) is 5.91 Å². The lowest BCUT2D eigenvalue weighted by atomic mass is 10.2. The Morgan fingerprint density at radius 2 is 1.72 bits per heavy atom. The summed E-state index contributed by atoms with van der Waals surface area (Å²) in [5.41, 5.74) is 3.62. The molecule has 1 saturated heterocycles. The summed E-state index contributed by atoms with van der Waals surface area (Å²) in [6, 6.07) is 30.9. The summed E-state index contributed by atoms with van der Waals surface area (Å²) in [5.74, 6) is 1.45. The first-order valence-corrected chi connectivity index (χ1v) is 14.4. The third-order valence-electron chi connectivity index (χ3n) is 5.96. The van der Waals surface area contributed by atoms with Gasteiger partial charge in [-0.2, -0.15) is 0 Å². The molecular formula is C31H24ClIN2O3S. The van der Waals surface area contributed by atoms with Gasteiger partial charge in [-0.05, 0) is 94.0 Å². The highest BCUT2D eigenvalue weighted by molar-refractivity contribution is 14.1. The Kier molecular flexibility index (Phi) is 8.91. The second-order valence-corrected chi connectivity index (χ2v) is 11.2. The minimum Gasteiger partial charge on any atom is -0.497 e. The largest absolute Gasteiger partial charge is 0.497 e. The number of amidine groups is 1. The Balaban J connectivity index is 1.38. The van der Waals surface area contributed by atoms with Crippen LogP contribution in [0.3, 0.4) is 0 Å². The molecule has 0 radical (unpaired) electrons. The van der Waals surface area contributed by atoms with Gasteiger partial charge in [-0.3, -0.25) is 9.69 Å². The molecule has 5 nitrogen and oxygen atoms in total. The molecule has 4 aromatic carbocycles. The fraction of sp³-hybridized carbons (Fsp3) is 0.0968. The number of carbonyl (C=O) groups excluding carboxylic acids is 1. The SMILES string of the molecule is COc1ccc(CN2C(=O)/C(=C/c3ccc(OCc4ccccc4Cl)c(I)c3)SC2=Nc2ccccc2)cc1. The fourth-order valence-corrected chi connectivity index (χ4v) is 5.79. The third-order valence-corrected chi connectivity index (χ3v) is 8.18. The van der Waals surface area contributed by atoms with Crippen LogP contribution in [0.2, 0.25) is 5.02 Å². The molecule has 0 N–H and O–H groups in total. The van der Waals surface area contributed by atoms with Crippen molar-refractivity contribution in [3.8, 4) is 11.5 Å². The molecule has 0 bridgehead atoms. The van der Waals surface area contributed by atoms with E-state index >= 15 is 0 Å². The molecule has 0 aliphatic carbocycles. The average Bonchev–Trinajstić information content (AvgIpc) is 3.23. The molecule has 5 rings (SSSR count). The maximum atomic E-state index is 13.6. The lowest BCUT2D eigenvalue weighted by Gasteiger charge is -2.16. The van der Waals surface area contributed by atoms with Gasteiger partial charge in [-0.15, -0.1) is 0 Å². The van der Waals surface area contributed by atoms with Crippen LogP contribution in [0.4, 0.5) is 5.69 Å². The molecule has 1 fully saturated rings. The van der Waals surface area contributed by atoms with Gasteiger partial charge in [-0.1, -0.05) is 66.2 Å². The molecule has 1 aliphatic heterocycles. The van der Waals surface area contributed by atoms with Gasteiger partial charge < -0.3 is 9.47 Å². The summed E-state index contributed by atoms with van der Waals surface area (Å²) in [6.07, 6.45) is 1.90. The van der Waals surface area contributed by atoms with Crippen LogP contribution in [-0.2, 0) is 17.9 Å². The minimum absolute atomic E-state index is 0.0837. The van der Waals surface area contributed by atoms with E-state index in [-0.39, 0.29) is 5.91 Å². The lowest BCUT2D eigenvalue weighted by molar-refractivity contribution is -0.122. The Morgan fingerprint density at radius 1 is 0.974 bits per heavy atom. The Bertz CT molecular complexity index is 1540. The maximum Gasteiger partial charge on any atom is 0.267 e. The van der Waals surface area contributed by atoms with Gasteiger partial charge in [-0.25, -0.2) is 4.99 Å². The number of halogens is 2. The first-order valence-electron chi connectivity index (χ1n) is 12.1. The van der Waals surface area contributed by atoms with Gasteiger partial charge in [0.05, 0.1) is 27.8 Å². The molecule has 0 atom stereocenters. The van der Waals surface area contributed by atoms with Crippen molar-refractivity contribution in [1.82, 2.24) is 4.90 Å². The molecule has 1 amide bonds. The van der Waals surface area contributed by atoms with Crippen molar-refractivity contribution in [3.05, 3.63) is 127 Å². The zero-order valence-corrected chi connectivity index (χ0v) is 24.7. The molecule has 8 heteroatoms. The van der Waals surface area contributed by atoms with Crippen LogP contribution >= 0.6 is 46.0 Å². The van der Waals surface area contributed by atoms with E-state index in [1.807, 2.05) is 103 Å². The molecule has 39 heavy (non-hydrogen) atoms. The van der Waals surface area contributed by atoms with E-state index in [0.29, 0.717) is 28.2 Å². The first-order chi connectivity index (χ1) is 19.0. The standard InChI is InChI=1S/C31H24ClIN2O3S/c1-37-25-14-11-21(12-15-25)19-35-30(36)29(39-31(35)34-24-8-3-2-4-9-24)18-22-13-16-28(27(33)17-22)38-20-23-7-5-6-10-26(23)32/h2-18H,19-20H2,1H3/b29-18-,34-31?. The molecule has 1 aliphatic rings. The van der Waals surface area contributed by atoms with Crippen molar-refractivity contribution in [3.63, 3.8) is 0 Å². The number of benzene rings is 4. The summed E-state index contributed by atoms with van der Waals surface area (Å²) in [7, 11) is 1.63. The molecule has 196 valence electrons. The monoisotopic (exact) mass is 666 g/mol. The van der Waals surface area contributed by atoms with Gasteiger partial charge in [0.1, 0.15) is 18.1 Å². The minimum atomic E-state index is -0.0837. The molecule has 0 unspecified atom stereocenters. The van der Waals surface area contributed by atoms with Crippen molar-refractivity contribution in [1.29, 1.82) is 0 Å². The number of amides is 1. The Hall–Kier alpha value is -3.27. The van der Waals surface area contributed by atoms with E-state index in [2.05, 4.69) is 22.6 Å². The maximum absolute atomic E-state index is 13.6. The third kappa shape index (κ3) is 6.84. The summed E-state index contributed by atoms with van der Waals surface area (Å²) in [5, 5.41) is 1.32. The predicted octanol–water partition coefficient (Wildman–Crippen LogP) is 8.34. The van der Waals surface area contributed by atoms with Crippen molar-refractivity contribution in [2.45, 2.75) is 13.2 Å². The van der Waals surface area contributed by atoms with E-state index in [1.165, 1.54) is 11.8 Å². The van der Waals surface area contributed by atoms with Crippen LogP contribution in [0, 0.1) is 3.57 Å². The predicted molar refractivity (Wildman–Crippen MR) is 168 cm³/mol. The van der Waals surface area contributed by atoms with E-state index in [0.717, 1.165) is 37.4 Å². The number of ether oxygens (including phenoxy) is 2. The van der Waals surface area contributed by atoms with E-state index in [9.17, 15) is 4.79 Å². The summed E-state index contributed by atoms with van der Waals surface area (Å²) >= 11 is 9.89. The molecule has 0 spiro atoms. The van der Waals surface area contributed by atoms with Gasteiger partial charge in [0, 0.05) is 10.6 Å². The quantitative estimate of drug-likeness (QED) is 0.140. The van der Waals surface area contributed by atoms with Gasteiger partial charge >= 0.3 is 0 Å². The molecule has 0 aromatic heterocycles. The zero-order chi connectivity index (χ0) is 27.2. The fourth-order valence-electron chi connectivity index (χ4n) is 3.90. The van der Waals surface area contributed by atoms with Gasteiger partial charge in [0.15, 0.2) is 5.17 Å². The topological polar surface area (TPSA) is 51.1 Å². The molecule has 1 heterocycles. The van der Waals surface area contributed by atoms with E-state index in [1.54, 1.807) is 12.0 Å². The number of methoxy groups -OCH3 is 1. The van der Waals surface area contributed by atoms with Crippen LogP contribution in [-0.4, -0.2) is 23.1 Å². The first kappa shape index (κ1) is 27.3. The molecular weight excluding hydrogens is 643 g/mol. The van der Waals surface area contributed by atoms with Crippen LogP contribution in [0.25, 0.3) is 6.08 Å². The number of para-hydroxylation sites is 1. The number of nitrogens with zero attached hydrogens (tertiary/aromatic N) is 2. The summed E-state index contributed by atoms with van der Waals surface area (Å²) in [6.45, 7) is 0.787. The normalized spacial score (nSPS) is 15.3. The van der Waals surface area contributed by atoms with E-state index in [4.69, 9.17) is 26.1 Å². The molecule has 0 saturated carbocycles. The second-order valence-electron chi connectivity index (χ2n) is 8.65. The number of hydrogen-bond donors (Lipinski definition) is 0. The van der Waals surface area contributed by atoms with Crippen molar-refractivity contribution in [2.24, 2.45) is 4.99 Å². The van der Waals surface area contributed by atoms with Crippen LogP contribution in [0.1, 0.15) is 16.7 Å². The number of hydrogen-bond acceptors (Lipinski definition) is 5. The van der Waals surface area contributed by atoms with Crippen LogP contribution in [0.5, 0.6) is 11.5 Å². The van der Waals surface area contributed by atoms with Crippen molar-refractivity contribution >= 4 is 68.8 Å². The lowest BCUT2D eigenvalue weighted by Crippen LogP contribution is -2.28. The smallest absolute Gasteiger partial charge is 0.267 e. The second kappa shape index (κ2) is 12.7. The van der Waals surface area contributed by atoms with Crippen LogP contribution < -0.4 is 9.47 Å². The number of rotatable bonds is 8. The highest BCUT2D eigenvalue weighted by Crippen LogP contribution is 2.36. The highest BCUT2D eigenvalue weighted by Gasteiger charge is 2.33. The summed E-state index contributed by atoms with van der Waals surface area (Å²) in [4.78, 5) is 20.7. The number of carbonyl (C=O) groups is 1. The van der Waals surface area contributed by atoms with Crippen LogP contribution in [0.15, 0.2) is 107 Å². The van der Waals surface area contributed by atoms with E-state index < -0.39 is 0 Å². The Labute approximate surface area is 250 Å². The van der Waals surface area contributed by atoms with Crippen molar-refractivity contribution < 1.29 is 14.3 Å². The highest BCUT2D eigenvalue weighted by atomic mass is 127. The number of aliphatic imine (C=N–C) groups is 1. The Morgan fingerprint density at radius 3 is 2.44 bits per heavy atom. The van der Waals surface area contributed by atoms with Gasteiger partial charge in [0.2, 0.25) is 0 Å². The summed E-state index contributed by atoms with van der Waals surface area (Å²) < 4.78 is 12.2.